The molecule has 0 saturated heterocycles. The monoisotopic (exact) mass is 305 g/mol. The van der Waals surface area contributed by atoms with E-state index >= 15 is 0 Å². The lowest BCUT2D eigenvalue weighted by atomic mass is 9.74. The molecule has 5 nitrogen and oxygen atoms in total. The van der Waals surface area contributed by atoms with E-state index in [0.717, 1.165) is 30.6 Å². The summed E-state index contributed by atoms with van der Waals surface area (Å²) in [5, 5.41) is 11.9. The minimum atomic E-state index is -0.855. The van der Waals surface area contributed by atoms with Gasteiger partial charge in [-0.1, -0.05) is 12.1 Å². The Morgan fingerprint density at radius 3 is 2.45 bits per heavy atom. The number of hydrogen-bond acceptors (Lipinski definition) is 3. The maximum atomic E-state index is 12.0. The van der Waals surface area contributed by atoms with Crippen molar-refractivity contribution in [3.05, 3.63) is 29.8 Å². The fourth-order valence-corrected chi connectivity index (χ4v) is 2.77. The summed E-state index contributed by atoms with van der Waals surface area (Å²) in [7, 11) is 0. The molecule has 0 atom stereocenters. The highest BCUT2D eigenvalue weighted by molar-refractivity contribution is 5.78. The van der Waals surface area contributed by atoms with Gasteiger partial charge < -0.3 is 15.2 Å². The van der Waals surface area contributed by atoms with Crippen LogP contribution in [0.1, 0.15) is 44.6 Å². The molecule has 1 amide bonds. The van der Waals surface area contributed by atoms with Gasteiger partial charge in [0.05, 0.1) is 18.6 Å². The summed E-state index contributed by atoms with van der Waals surface area (Å²) in [6, 6.07) is 7.70. The van der Waals surface area contributed by atoms with E-state index < -0.39 is 11.5 Å². The van der Waals surface area contributed by atoms with E-state index in [1.165, 1.54) is 0 Å². The number of carboxylic acid groups (broad SMARTS) is 1. The molecule has 2 rings (SSSR count). The van der Waals surface area contributed by atoms with Crippen LogP contribution in [0.5, 0.6) is 5.75 Å². The number of carbonyl (C=O) groups is 2. The van der Waals surface area contributed by atoms with Crippen molar-refractivity contribution in [3.63, 3.8) is 0 Å². The van der Waals surface area contributed by atoms with Gasteiger partial charge in [0.2, 0.25) is 5.91 Å². The number of carboxylic acids is 1. The summed E-state index contributed by atoms with van der Waals surface area (Å²) in [5.74, 6) is -0.105. The molecule has 0 spiro atoms. The minimum absolute atomic E-state index is 0.0157. The van der Waals surface area contributed by atoms with Crippen LogP contribution >= 0.6 is 0 Å². The number of ether oxygens (including phenoxy) is 1. The van der Waals surface area contributed by atoms with Gasteiger partial charge in [0.25, 0.3) is 0 Å². The second-order valence-electron chi connectivity index (χ2n) is 5.83. The third-order valence-electron chi connectivity index (χ3n) is 4.08. The van der Waals surface area contributed by atoms with E-state index in [2.05, 4.69) is 5.32 Å². The average Bonchev–Trinajstić information content (AvgIpc) is 2.44. The van der Waals surface area contributed by atoms with Gasteiger partial charge in [-0.2, -0.15) is 0 Å². The number of benzene rings is 1. The molecular weight excluding hydrogens is 282 g/mol. The molecular formula is C17H23NO4. The van der Waals surface area contributed by atoms with Gasteiger partial charge in [-0.25, -0.2) is 0 Å². The Bertz CT molecular complexity index is 520. The Balaban J connectivity index is 1.80. The highest BCUT2D eigenvalue weighted by Gasteiger charge is 2.40. The largest absolute Gasteiger partial charge is 0.494 e. The molecule has 5 heteroatoms. The van der Waals surface area contributed by atoms with Crippen molar-refractivity contribution in [1.82, 2.24) is 5.32 Å². The van der Waals surface area contributed by atoms with Crippen molar-refractivity contribution in [3.8, 4) is 5.75 Å². The van der Waals surface area contributed by atoms with Crippen LogP contribution in [0.2, 0.25) is 0 Å². The third kappa shape index (κ3) is 4.48. The van der Waals surface area contributed by atoms with Crippen molar-refractivity contribution in [2.24, 2.45) is 0 Å². The summed E-state index contributed by atoms with van der Waals surface area (Å²) in [5.41, 5.74) is 0.557. The van der Waals surface area contributed by atoms with Crippen molar-refractivity contribution < 1.29 is 19.4 Å². The van der Waals surface area contributed by atoms with E-state index in [0.29, 0.717) is 19.4 Å². The number of hydrogen-bond donors (Lipinski definition) is 2. The zero-order valence-electron chi connectivity index (χ0n) is 12.9. The Kier molecular flexibility index (Phi) is 5.41. The molecule has 2 N–H and O–H groups in total. The molecule has 120 valence electrons. The first-order valence-electron chi connectivity index (χ1n) is 7.77. The van der Waals surface area contributed by atoms with Crippen molar-refractivity contribution in [2.45, 2.75) is 51.0 Å². The highest BCUT2D eigenvalue weighted by atomic mass is 16.5. The van der Waals surface area contributed by atoms with Gasteiger partial charge in [0.1, 0.15) is 5.75 Å². The summed E-state index contributed by atoms with van der Waals surface area (Å²) in [4.78, 5) is 22.9. The maximum absolute atomic E-state index is 12.0. The molecule has 1 aliphatic rings. The van der Waals surface area contributed by atoms with Crippen molar-refractivity contribution in [1.29, 1.82) is 0 Å². The molecule has 22 heavy (non-hydrogen) atoms. The molecule has 0 unspecified atom stereocenters. The molecule has 0 aromatic heterocycles. The maximum Gasteiger partial charge on any atom is 0.305 e. The van der Waals surface area contributed by atoms with Gasteiger partial charge in [-0.3, -0.25) is 9.59 Å². The minimum Gasteiger partial charge on any atom is -0.494 e. The molecule has 0 aliphatic heterocycles. The van der Waals surface area contributed by atoms with Gasteiger partial charge in [-0.15, -0.1) is 0 Å². The van der Waals surface area contributed by atoms with Crippen LogP contribution in [0.15, 0.2) is 24.3 Å². The van der Waals surface area contributed by atoms with Gasteiger partial charge in [0.15, 0.2) is 0 Å². The second-order valence-corrected chi connectivity index (χ2v) is 5.83. The lowest BCUT2D eigenvalue weighted by Crippen LogP contribution is -2.54. The molecule has 0 radical (unpaired) electrons. The van der Waals surface area contributed by atoms with Gasteiger partial charge >= 0.3 is 5.97 Å². The van der Waals surface area contributed by atoms with Crippen molar-refractivity contribution in [2.75, 3.05) is 6.61 Å². The van der Waals surface area contributed by atoms with Gasteiger partial charge in [-0.05, 0) is 50.3 Å². The fraction of sp³-hybridized carbons (Fsp3) is 0.529. The van der Waals surface area contributed by atoms with Crippen LogP contribution in [0.3, 0.4) is 0 Å². The SMILES string of the molecule is CCOc1ccc(CCC(=O)NC2(CC(=O)O)CCC2)cc1. The standard InChI is InChI=1S/C17H23NO4/c1-2-22-14-7-4-13(5-8-14)6-9-15(19)18-17(10-3-11-17)12-16(20)21/h4-5,7-8H,2-3,6,9-12H2,1H3,(H,18,19)(H,20,21). The first kappa shape index (κ1) is 16.3. The molecule has 1 fully saturated rings. The molecule has 0 bridgehead atoms. The predicted octanol–water partition coefficient (Wildman–Crippen LogP) is 2.53. The van der Waals surface area contributed by atoms with E-state index in [1.54, 1.807) is 0 Å². The molecule has 1 aliphatic carbocycles. The lowest BCUT2D eigenvalue weighted by molar-refractivity contribution is -0.140. The molecule has 1 saturated carbocycles. The number of amides is 1. The second kappa shape index (κ2) is 7.29. The Morgan fingerprint density at radius 2 is 1.95 bits per heavy atom. The molecule has 1 aromatic carbocycles. The number of rotatable bonds is 8. The number of aliphatic carboxylic acids is 1. The van der Waals surface area contributed by atoms with E-state index in [9.17, 15) is 9.59 Å². The summed E-state index contributed by atoms with van der Waals surface area (Å²) < 4.78 is 5.38. The fourth-order valence-electron chi connectivity index (χ4n) is 2.77. The lowest BCUT2D eigenvalue weighted by Gasteiger charge is -2.41. The highest BCUT2D eigenvalue weighted by Crippen LogP contribution is 2.35. The van der Waals surface area contributed by atoms with Crippen molar-refractivity contribution >= 4 is 11.9 Å². The molecule has 1 aromatic rings. The van der Waals surface area contributed by atoms with Crippen LogP contribution in [-0.4, -0.2) is 29.1 Å². The number of nitrogens with one attached hydrogen (secondary N) is 1. The Morgan fingerprint density at radius 1 is 1.27 bits per heavy atom. The molecule has 0 heterocycles. The smallest absolute Gasteiger partial charge is 0.305 e. The Hall–Kier alpha value is -2.04. The Labute approximate surface area is 130 Å². The van der Waals surface area contributed by atoms with Gasteiger partial charge in [0, 0.05) is 6.42 Å². The quantitative estimate of drug-likeness (QED) is 0.774. The van der Waals surface area contributed by atoms with Crippen LogP contribution in [0.4, 0.5) is 0 Å². The van der Waals surface area contributed by atoms with Crippen LogP contribution in [-0.2, 0) is 16.0 Å². The summed E-state index contributed by atoms with van der Waals surface area (Å²) >= 11 is 0. The normalized spacial score (nSPS) is 15.7. The topological polar surface area (TPSA) is 75.6 Å². The van der Waals surface area contributed by atoms with E-state index in [1.807, 2.05) is 31.2 Å². The number of aryl methyl sites for hydroxylation is 1. The predicted molar refractivity (Wildman–Crippen MR) is 82.9 cm³/mol. The average molecular weight is 305 g/mol. The summed E-state index contributed by atoms with van der Waals surface area (Å²) in [6.07, 6.45) is 3.52. The van der Waals surface area contributed by atoms with Crippen LogP contribution in [0, 0.1) is 0 Å². The third-order valence-corrected chi connectivity index (χ3v) is 4.08. The zero-order chi connectivity index (χ0) is 16.0. The zero-order valence-corrected chi connectivity index (χ0v) is 12.9. The van der Waals surface area contributed by atoms with E-state index in [-0.39, 0.29) is 12.3 Å². The van der Waals surface area contributed by atoms with E-state index in [4.69, 9.17) is 9.84 Å². The number of carbonyl (C=O) groups excluding carboxylic acids is 1. The van der Waals surface area contributed by atoms with Crippen LogP contribution in [0.25, 0.3) is 0 Å². The summed E-state index contributed by atoms with van der Waals surface area (Å²) in [6.45, 7) is 2.57. The first-order chi connectivity index (χ1) is 10.5. The first-order valence-corrected chi connectivity index (χ1v) is 7.77. The van der Waals surface area contributed by atoms with Crippen LogP contribution < -0.4 is 10.1 Å².